The number of hydrogen-bond donors (Lipinski definition) is 1. The van der Waals surface area contributed by atoms with Gasteiger partial charge in [-0.05, 0) is 43.0 Å². The molecule has 1 aromatic rings. The molecule has 0 saturated carbocycles. The molecule has 3 heteroatoms. The van der Waals surface area contributed by atoms with E-state index in [1.54, 1.807) is 0 Å². The van der Waals surface area contributed by atoms with Crippen LogP contribution in [0.4, 0.5) is 0 Å². The van der Waals surface area contributed by atoms with Crippen molar-refractivity contribution in [2.24, 2.45) is 11.7 Å². The first kappa shape index (κ1) is 14.4. The molecule has 1 atom stereocenters. The van der Waals surface area contributed by atoms with Crippen LogP contribution in [0.2, 0.25) is 0 Å². The van der Waals surface area contributed by atoms with Crippen molar-refractivity contribution in [2.75, 3.05) is 13.1 Å². The lowest BCUT2D eigenvalue weighted by atomic mass is 10.0. The number of aryl methyl sites for hydroxylation is 1. The van der Waals surface area contributed by atoms with Gasteiger partial charge in [-0.15, -0.1) is 0 Å². The molecule has 1 saturated heterocycles. The Bertz CT molecular complexity index is 560. The van der Waals surface area contributed by atoms with Gasteiger partial charge in [-0.2, -0.15) is 0 Å². The van der Waals surface area contributed by atoms with Crippen molar-refractivity contribution < 1.29 is 4.79 Å². The van der Waals surface area contributed by atoms with Crippen LogP contribution in [-0.2, 0) is 4.79 Å². The average molecular weight is 270 g/mol. The Morgan fingerprint density at radius 1 is 1.50 bits per heavy atom. The van der Waals surface area contributed by atoms with Crippen LogP contribution in [-0.4, -0.2) is 23.9 Å². The third-order valence-electron chi connectivity index (χ3n) is 4.02. The lowest BCUT2D eigenvalue weighted by Crippen LogP contribution is -2.26. The van der Waals surface area contributed by atoms with Crippen LogP contribution in [0.15, 0.2) is 30.5 Å². The summed E-state index contributed by atoms with van der Waals surface area (Å²) in [6.07, 6.45) is 4.90. The number of benzene rings is 1. The minimum absolute atomic E-state index is 0.0188. The van der Waals surface area contributed by atoms with E-state index in [2.05, 4.69) is 49.6 Å². The van der Waals surface area contributed by atoms with Crippen LogP contribution in [0.25, 0.3) is 12.2 Å². The number of carbonyl (C=O) groups is 1. The second kappa shape index (κ2) is 5.95. The summed E-state index contributed by atoms with van der Waals surface area (Å²) in [4.78, 5) is 13.5. The largest absolute Gasteiger partial charge is 0.374 e. The van der Waals surface area contributed by atoms with Gasteiger partial charge in [-0.1, -0.05) is 30.9 Å². The second-order valence-corrected chi connectivity index (χ2v) is 5.40. The van der Waals surface area contributed by atoms with Crippen molar-refractivity contribution in [1.29, 1.82) is 0 Å². The first-order chi connectivity index (χ1) is 9.52. The van der Waals surface area contributed by atoms with E-state index in [0.717, 1.165) is 25.1 Å². The number of hydrogen-bond acceptors (Lipinski definition) is 2. The molecular formula is C17H22N2O. The maximum Gasteiger partial charge on any atom is 0.222 e. The standard InChI is InChI=1S/C17H22N2O/c1-4-16-12(2)6-5-7-14(16)10-13(3)19-9-8-15(11-19)17(18)20/h4-7,10,15H,1,8-9,11H2,2-3H3,(H2,18,20)/b13-10+. The maximum absolute atomic E-state index is 11.2. The van der Waals surface area contributed by atoms with Crippen LogP contribution < -0.4 is 5.73 Å². The normalized spacial score (nSPS) is 19.2. The van der Waals surface area contributed by atoms with Gasteiger partial charge in [0.2, 0.25) is 5.91 Å². The second-order valence-electron chi connectivity index (χ2n) is 5.40. The zero-order chi connectivity index (χ0) is 14.7. The zero-order valence-corrected chi connectivity index (χ0v) is 12.2. The number of likely N-dealkylation sites (tertiary alicyclic amines) is 1. The minimum Gasteiger partial charge on any atom is -0.374 e. The molecule has 1 aliphatic heterocycles. The molecule has 2 rings (SSSR count). The Kier molecular flexibility index (Phi) is 4.28. The molecule has 0 aliphatic carbocycles. The Balaban J connectivity index is 2.21. The molecule has 0 spiro atoms. The third-order valence-corrected chi connectivity index (χ3v) is 4.02. The molecule has 1 fully saturated rings. The smallest absolute Gasteiger partial charge is 0.222 e. The lowest BCUT2D eigenvalue weighted by Gasteiger charge is -2.19. The molecule has 0 bridgehead atoms. The van der Waals surface area contributed by atoms with Crippen LogP contribution in [0, 0.1) is 12.8 Å². The highest BCUT2D eigenvalue weighted by Gasteiger charge is 2.26. The number of carbonyl (C=O) groups excluding carboxylic acids is 1. The fraction of sp³-hybridized carbons (Fsp3) is 0.353. The molecule has 106 valence electrons. The number of allylic oxidation sites excluding steroid dienone is 1. The van der Waals surface area contributed by atoms with Gasteiger partial charge >= 0.3 is 0 Å². The van der Waals surface area contributed by atoms with Crippen molar-refractivity contribution in [3.05, 3.63) is 47.2 Å². The van der Waals surface area contributed by atoms with E-state index in [4.69, 9.17) is 5.73 Å². The molecular weight excluding hydrogens is 248 g/mol. The summed E-state index contributed by atoms with van der Waals surface area (Å²) < 4.78 is 0. The van der Waals surface area contributed by atoms with Gasteiger partial charge in [0.05, 0.1) is 5.92 Å². The third kappa shape index (κ3) is 2.93. The van der Waals surface area contributed by atoms with Crippen LogP contribution in [0.1, 0.15) is 30.0 Å². The molecule has 2 N–H and O–H groups in total. The quantitative estimate of drug-likeness (QED) is 0.914. The molecule has 1 heterocycles. The van der Waals surface area contributed by atoms with Crippen LogP contribution in [0.3, 0.4) is 0 Å². The Morgan fingerprint density at radius 2 is 2.25 bits per heavy atom. The van der Waals surface area contributed by atoms with Crippen molar-refractivity contribution in [1.82, 2.24) is 4.90 Å². The Hall–Kier alpha value is -2.03. The lowest BCUT2D eigenvalue weighted by molar-refractivity contribution is -0.121. The van der Waals surface area contributed by atoms with Crippen molar-refractivity contribution in [3.63, 3.8) is 0 Å². The maximum atomic E-state index is 11.2. The fourth-order valence-corrected chi connectivity index (χ4v) is 2.74. The number of nitrogens with two attached hydrogens (primary N) is 1. The number of nitrogens with zero attached hydrogens (tertiary/aromatic N) is 1. The van der Waals surface area contributed by atoms with Gasteiger partial charge in [0.15, 0.2) is 0 Å². The molecule has 1 unspecified atom stereocenters. The summed E-state index contributed by atoms with van der Waals surface area (Å²) >= 11 is 0. The van der Waals surface area contributed by atoms with Crippen molar-refractivity contribution in [3.8, 4) is 0 Å². The van der Waals surface area contributed by atoms with Crippen LogP contribution in [0.5, 0.6) is 0 Å². The van der Waals surface area contributed by atoms with Gasteiger partial charge in [0, 0.05) is 18.8 Å². The van der Waals surface area contributed by atoms with E-state index < -0.39 is 0 Å². The first-order valence-corrected chi connectivity index (χ1v) is 6.97. The molecule has 1 aliphatic rings. The van der Waals surface area contributed by atoms with E-state index in [1.807, 2.05) is 6.08 Å². The predicted molar refractivity (Wildman–Crippen MR) is 83.8 cm³/mol. The summed E-state index contributed by atoms with van der Waals surface area (Å²) in [7, 11) is 0. The molecule has 20 heavy (non-hydrogen) atoms. The summed E-state index contributed by atoms with van der Waals surface area (Å²) in [6, 6.07) is 6.23. The first-order valence-electron chi connectivity index (χ1n) is 6.97. The predicted octanol–water partition coefficient (Wildman–Crippen LogP) is 2.81. The molecule has 0 radical (unpaired) electrons. The number of amides is 1. The van der Waals surface area contributed by atoms with Gasteiger partial charge in [0.1, 0.15) is 0 Å². The molecule has 0 aromatic heterocycles. The van der Waals surface area contributed by atoms with Gasteiger partial charge < -0.3 is 10.6 Å². The average Bonchev–Trinajstić information content (AvgIpc) is 2.89. The molecule has 1 amide bonds. The number of rotatable bonds is 4. The van der Waals surface area contributed by atoms with E-state index in [-0.39, 0.29) is 11.8 Å². The van der Waals surface area contributed by atoms with Gasteiger partial charge in [-0.3, -0.25) is 4.79 Å². The van der Waals surface area contributed by atoms with Gasteiger partial charge in [0.25, 0.3) is 0 Å². The Labute approximate surface area is 120 Å². The SMILES string of the molecule is C=Cc1c(C)cccc1/C=C(\C)N1CCC(C(N)=O)C1. The summed E-state index contributed by atoms with van der Waals surface area (Å²) in [5.74, 6) is -0.211. The van der Waals surface area contributed by atoms with Gasteiger partial charge in [-0.25, -0.2) is 0 Å². The monoisotopic (exact) mass is 270 g/mol. The molecule has 3 nitrogen and oxygen atoms in total. The van der Waals surface area contributed by atoms with E-state index in [9.17, 15) is 4.79 Å². The van der Waals surface area contributed by atoms with E-state index >= 15 is 0 Å². The highest BCUT2D eigenvalue weighted by molar-refractivity contribution is 5.77. The van der Waals surface area contributed by atoms with E-state index in [1.165, 1.54) is 16.8 Å². The number of primary amides is 1. The van der Waals surface area contributed by atoms with E-state index in [0.29, 0.717) is 0 Å². The zero-order valence-electron chi connectivity index (χ0n) is 12.2. The Morgan fingerprint density at radius 3 is 2.85 bits per heavy atom. The summed E-state index contributed by atoms with van der Waals surface area (Å²) in [6.45, 7) is 9.68. The highest BCUT2D eigenvalue weighted by Crippen LogP contribution is 2.24. The fourth-order valence-electron chi connectivity index (χ4n) is 2.74. The van der Waals surface area contributed by atoms with Crippen molar-refractivity contribution >= 4 is 18.1 Å². The highest BCUT2D eigenvalue weighted by atomic mass is 16.1. The minimum atomic E-state index is -0.192. The molecule has 1 aromatic carbocycles. The topological polar surface area (TPSA) is 46.3 Å². The van der Waals surface area contributed by atoms with Crippen molar-refractivity contribution in [2.45, 2.75) is 20.3 Å². The summed E-state index contributed by atoms with van der Waals surface area (Å²) in [5, 5.41) is 0. The van der Waals surface area contributed by atoms with Crippen LogP contribution >= 0.6 is 0 Å². The summed E-state index contributed by atoms with van der Waals surface area (Å²) in [5.41, 5.74) is 10.1.